The smallest absolute Gasteiger partial charge is 0.257 e. The summed E-state index contributed by atoms with van der Waals surface area (Å²) in [5.74, 6) is -0.278. The first-order valence-electron chi connectivity index (χ1n) is 4.69. The molecule has 2 rings (SSSR count). The Kier molecular flexibility index (Phi) is 3.71. The van der Waals surface area contributed by atoms with Crippen LogP contribution in [-0.2, 0) is 0 Å². The highest BCUT2D eigenvalue weighted by Gasteiger charge is 2.09. The number of carbonyl (C=O) groups excluding carboxylic acids is 1. The Balaban J connectivity index is 2.22. The number of halogens is 2. The molecule has 0 unspecified atom stereocenters. The lowest BCUT2D eigenvalue weighted by atomic mass is 10.2. The molecule has 1 N–H and O–H groups in total. The van der Waals surface area contributed by atoms with Crippen molar-refractivity contribution in [2.45, 2.75) is 0 Å². The number of nitrogens with zero attached hydrogens (tertiary/aromatic N) is 2. The second-order valence-electron chi connectivity index (χ2n) is 3.19. The van der Waals surface area contributed by atoms with Crippen LogP contribution in [0.25, 0.3) is 0 Å². The molecule has 0 fully saturated rings. The molecule has 1 amide bonds. The van der Waals surface area contributed by atoms with Crippen molar-refractivity contribution in [3.05, 3.63) is 52.0 Å². The van der Waals surface area contributed by atoms with Crippen LogP contribution in [-0.4, -0.2) is 15.9 Å². The number of anilines is 1. The zero-order valence-corrected chi connectivity index (χ0v) is 10.9. The van der Waals surface area contributed by atoms with Crippen LogP contribution in [0.5, 0.6) is 0 Å². The number of hydrogen-bond acceptors (Lipinski definition) is 3. The van der Waals surface area contributed by atoms with E-state index >= 15 is 0 Å². The molecule has 2 aromatic rings. The second kappa shape index (κ2) is 5.25. The molecule has 2 heterocycles. The van der Waals surface area contributed by atoms with E-state index in [1.54, 1.807) is 30.6 Å². The lowest BCUT2D eigenvalue weighted by Crippen LogP contribution is -2.12. The van der Waals surface area contributed by atoms with Gasteiger partial charge in [-0.05, 0) is 34.1 Å². The van der Waals surface area contributed by atoms with Crippen molar-refractivity contribution >= 4 is 39.1 Å². The molecule has 0 radical (unpaired) electrons. The van der Waals surface area contributed by atoms with Crippen LogP contribution in [0.2, 0.25) is 5.15 Å². The van der Waals surface area contributed by atoms with Gasteiger partial charge in [0, 0.05) is 23.1 Å². The summed E-state index contributed by atoms with van der Waals surface area (Å²) in [6.45, 7) is 0. The molecule has 0 atom stereocenters. The fraction of sp³-hybridized carbons (Fsp3) is 0. The molecule has 0 saturated carbocycles. The topological polar surface area (TPSA) is 54.9 Å². The van der Waals surface area contributed by atoms with Crippen LogP contribution < -0.4 is 5.32 Å². The first kappa shape index (κ1) is 12.0. The molecule has 0 aromatic carbocycles. The lowest BCUT2D eigenvalue weighted by Gasteiger charge is -2.06. The third-order valence-corrected chi connectivity index (χ3v) is 2.71. The van der Waals surface area contributed by atoms with E-state index in [2.05, 4.69) is 31.2 Å². The fourth-order valence-electron chi connectivity index (χ4n) is 1.20. The molecule has 86 valence electrons. The van der Waals surface area contributed by atoms with Crippen molar-refractivity contribution in [2.75, 3.05) is 5.32 Å². The quantitative estimate of drug-likeness (QED) is 0.867. The van der Waals surface area contributed by atoms with Crippen LogP contribution in [0.1, 0.15) is 10.4 Å². The molecule has 0 bridgehead atoms. The Hall–Kier alpha value is -1.46. The van der Waals surface area contributed by atoms with Gasteiger partial charge in [0.15, 0.2) is 5.15 Å². The van der Waals surface area contributed by atoms with E-state index in [1.807, 2.05) is 0 Å². The molecule has 0 saturated heterocycles. The number of hydrogen-bond donors (Lipinski definition) is 1. The molecule has 0 aliphatic rings. The summed E-state index contributed by atoms with van der Waals surface area (Å²) >= 11 is 9.12. The molecular formula is C11H7BrClN3O. The predicted molar refractivity (Wildman–Crippen MR) is 69.1 cm³/mol. The van der Waals surface area contributed by atoms with Gasteiger partial charge in [0.1, 0.15) is 0 Å². The lowest BCUT2D eigenvalue weighted by molar-refractivity contribution is 0.102. The van der Waals surface area contributed by atoms with Gasteiger partial charge >= 0.3 is 0 Å². The zero-order valence-electron chi connectivity index (χ0n) is 8.52. The van der Waals surface area contributed by atoms with Gasteiger partial charge in [0.25, 0.3) is 5.91 Å². The van der Waals surface area contributed by atoms with Crippen molar-refractivity contribution < 1.29 is 4.79 Å². The average Bonchev–Trinajstić information content (AvgIpc) is 2.35. The van der Waals surface area contributed by atoms with Gasteiger partial charge in [-0.3, -0.25) is 9.78 Å². The van der Waals surface area contributed by atoms with Crippen LogP contribution in [0, 0.1) is 0 Å². The number of amides is 1. The Labute approximate surface area is 111 Å². The van der Waals surface area contributed by atoms with Crippen molar-refractivity contribution in [3.8, 4) is 0 Å². The van der Waals surface area contributed by atoms with E-state index in [0.29, 0.717) is 11.3 Å². The highest BCUT2D eigenvalue weighted by Crippen LogP contribution is 2.23. The largest absolute Gasteiger partial charge is 0.319 e. The Morgan fingerprint density at radius 2 is 2.24 bits per heavy atom. The van der Waals surface area contributed by atoms with Crippen LogP contribution in [0.3, 0.4) is 0 Å². The third kappa shape index (κ3) is 3.01. The molecular weight excluding hydrogens is 305 g/mol. The second-order valence-corrected chi connectivity index (χ2v) is 4.46. The minimum atomic E-state index is -0.278. The minimum Gasteiger partial charge on any atom is -0.319 e. The molecule has 17 heavy (non-hydrogen) atoms. The van der Waals surface area contributed by atoms with E-state index in [1.165, 1.54) is 6.20 Å². The van der Waals surface area contributed by atoms with E-state index in [9.17, 15) is 4.79 Å². The van der Waals surface area contributed by atoms with E-state index in [4.69, 9.17) is 11.6 Å². The van der Waals surface area contributed by atoms with Crippen LogP contribution in [0.4, 0.5) is 5.69 Å². The van der Waals surface area contributed by atoms with Crippen molar-refractivity contribution in [1.29, 1.82) is 0 Å². The first-order chi connectivity index (χ1) is 8.16. The first-order valence-corrected chi connectivity index (χ1v) is 5.86. The molecule has 2 aromatic heterocycles. The molecule has 4 nitrogen and oxygen atoms in total. The molecule has 0 spiro atoms. The monoisotopic (exact) mass is 311 g/mol. The van der Waals surface area contributed by atoms with Crippen LogP contribution >= 0.6 is 27.5 Å². The standard InChI is InChI=1S/C11H7BrClN3O/c12-8-4-9(10(13)15-6-8)16-11(17)7-2-1-3-14-5-7/h1-6H,(H,16,17). The summed E-state index contributed by atoms with van der Waals surface area (Å²) < 4.78 is 0.739. The number of carbonyl (C=O) groups is 1. The van der Waals surface area contributed by atoms with E-state index in [-0.39, 0.29) is 11.1 Å². The molecule has 0 aliphatic heterocycles. The number of aromatic nitrogens is 2. The summed E-state index contributed by atoms with van der Waals surface area (Å²) in [6, 6.07) is 5.04. The number of rotatable bonds is 2. The maximum Gasteiger partial charge on any atom is 0.257 e. The fourth-order valence-corrected chi connectivity index (χ4v) is 1.68. The number of nitrogens with one attached hydrogen (secondary N) is 1. The Morgan fingerprint density at radius 1 is 1.41 bits per heavy atom. The summed E-state index contributed by atoms with van der Waals surface area (Å²) in [5.41, 5.74) is 0.915. The van der Waals surface area contributed by atoms with Crippen molar-refractivity contribution in [2.24, 2.45) is 0 Å². The minimum absolute atomic E-state index is 0.241. The van der Waals surface area contributed by atoms with Gasteiger partial charge in [-0.25, -0.2) is 4.98 Å². The highest BCUT2D eigenvalue weighted by molar-refractivity contribution is 9.10. The van der Waals surface area contributed by atoms with Crippen molar-refractivity contribution in [1.82, 2.24) is 9.97 Å². The predicted octanol–water partition coefficient (Wildman–Crippen LogP) is 3.14. The maximum absolute atomic E-state index is 11.8. The normalized spacial score (nSPS) is 10.0. The van der Waals surface area contributed by atoms with Gasteiger partial charge in [0.2, 0.25) is 0 Å². The summed E-state index contributed by atoms with van der Waals surface area (Å²) in [4.78, 5) is 19.6. The van der Waals surface area contributed by atoms with Gasteiger partial charge < -0.3 is 5.32 Å². The molecule has 6 heteroatoms. The summed E-state index contributed by atoms with van der Waals surface area (Å²) in [6.07, 6.45) is 4.64. The Morgan fingerprint density at radius 3 is 2.94 bits per heavy atom. The van der Waals surface area contributed by atoms with Gasteiger partial charge in [0.05, 0.1) is 11.3 Å². The third-order valence-electron chi connectivity index (χ3n) is 1.98. The van der Waals surface area contributed by atoms with Crippen LogP contribution in [0.15, 0.2) is 41.3 Å². The average molecular weight is 313 g/mol. The van der Waals surface area contributed by atoms with Gasteiger partial charge in [-0.2, -0.15) is 0 Å². The highest BCUT2D eigenvalue weighted by atomic mass is 79.9. The maximum atomic E-state index is 11.8. The van der Waals surface area contributed by atoms with Gasteiger partial charge in [-0.15, -0.1) is 0 Å². The van der Waals surface area contributed by atoms with E-state index < -0.39 is 0 Å². The summed E-state index contributed by atoms with van der Waals surface area (Å²) in [5, 5.41) is 2.91. The SMILES string of the molecule is O=C(Nc1cc(Br)cnc1Cl)c1cccnc1. The zero-order chi connectivity index (χ0) is 12.3. The van der Waals surface area contributed by atoms with E-state index in [0.717, 1.165) is 4.47 Å². The summed E-state index contributed by atoms with van der Waals surface area (Å²) in [7, 11) is 0. The van der Waals surface area contributed by atoms with Crippen molar-refractivity contribution in [3.63, 3.8) is 0 Å². The van der Waals surface area contributed by atoms with Gasteiger partial charge in [-0.1, -0.05) is 11.6 Å². The molecule has 0 aliphatic carbocycles. The number of pyridine rings is 2. The Bertz CT molecular complexity index is 548.